The number of amides is 3. The molecule has 1 aromatic rings. The smallest absolute Gasteiger partial charge is 0.408 e. The Morgan fingerprint density at radius 1 is 1.06 bits per heavy atom. The fraction of sp³-hybridized carbons (Fsp3) is 0.625. The molecule has 2 atom stereocenters. The molecule has 0 aromatic heterocycles. The van der Waals surface area contributed by atoms with Gasteiger partial charge in [-0.15, -0.1) is 0 Å². The minimum Gasteiger partial charge on any atom is -0.444 e. The fourth-order valence-electron chi connectivity index (χ4n) is 3.41. The number of benzene rings is 1. The summed E-state index contributed by atoms with van der Waals surface area (Å²) in [6.07, 6.45) is -0.00520. The second-order valence-electron chi connectivity index (χ2n) is 9.29. The molecule has 3 amide bonds. The summed E-state index contributed by atoms with van der Waals surface area (Å²) in [4.78, 5) is 40.3. The molecule has 0 aliphatic rings. The third kappa shape index (κ3) is 7.89. The standard InChI is InChI=1S/C24H39N3O4/c1-10-18(6)27(19(28)14-25-23(30)31-24(7,8)9)21(22(29)26-15(2)3)20-16(4)12-11-13-17(20)5/h11-13,15,18,21H,10,14H2,1-9H3,(H,25,30)(H,26,29). The van der Waals surface area contributed by atoms with E-state index in [4.69, 9.17) is 4.74 Å². The molecule has 7 nitrogen and oxygen atoms in total. The Balaban J connectivity index is 3.34. The maximum Gasteiger partial charge on any atom is 0.408 e. The Morgan fingerprint density at radius 2 is 1.61 bits per heavy atom. The number of nitrogens with one attached hydrogen (secondary N) is 2. The molecule has 31 heavy (non-hydrogen) atoms. The molecular formula is C24H39N3O4. The minimum atomic E-state index is -0.800. The van der Waals surface area contributed by atoms with Crippen LogP contribution in [-0.2, 0) is 14.3 Å². The van der Waals surface area contributed by atoms with Crippen LogP contribution in [0.1, 0.15) is 77.6 Å². The predicted molar refractivity (Wildman–Crippen MR) is 123 cm³/mol. The molecule has 0 aliphatic heterocycles. The quantitative estimate of drug-likeness (QED) is 0.648. The third-order valence-corrected chi connectivity index (χ3v) is 4.91. The van der Waals surface area contributed by atoms with E-state index < -0.39 is 17.7 Å². The summed E-state index contributed by atoms with van der Waals surface area (Å²) in [6, 6.07) is 4.73. The Hall–Kier alpha value is -2.57. The van der Waals surface area contributed by atoms with E-state index in [1.54, 1.807) is 25.7 Å². The summed E-state index contributed by atoms with van der Waals surface area (Å²) in [5.74, 6) is -0.579. The van der Waals surface area contributed by atoms with E-state index in [0.29, 0.717) is 6.42 Å². The lowest BCUT2D eigenvalue weighted by Gasteiger charge is -2.37. The first kappa shape index (κ1) is 26.5. The second-order valence-corrected chi connectivity index (χ2v) is 9.29. The van der Waals surface area contributed by atoms with Crippen molar-refractivity contribution in [3.63, 3.8) is 0 Å². The third-order valence-electron chi connectivity index (χ3n) is 4.91. The van der Waals surface area contributed by atoms with Gasteiger partial charge in [0.2, 0.25) is 11.8 Å². The van der Waals surface area contributed by atoms with Crippen LogP contribution >= 0.6 is 0 Å². The van der Waals surface area contributed by atoms with Crippen LogP contribution in [0.15, 0.2) is 18.2 Å². The van der Waals surface area contributed by atoms with Gasteiger partial charge in [-0.1, -0.05) is 25.1 Å². The number of carbonyl (C=O) groups excluding carboxylic acids is 3. The Morgan fingerprint density at radius 3 is 2.06 bits per heavy atom. The Labute approximate surface area is 186 Å². The summed E-state index contributed by atoms with van der Waals surface area (Å²) in [5, 5.41) is 5.49. The van der Waals surface area contributed by atoms with E-state index >= 15 is 0 Å². The zero-order valence-electron chi connectivity index (χ0n) is 20.5. The first-order chi connectivity index (χ1) is 14.3. The number of ether oxygens (including phenoxy) is 1. The van der Waals surface area contributed by atoms with E-state index in [9.17, 15) is 14.4 Å². The highest BCUT2D eigenvalue weighted by Crippen LogP contribution is 2.30. The molecule has 0 radical (unpaired) electrons. The van der Waals surface area contributed by atoms with Gasteiger partial charge in [0.25, 0.3) is 0 Å². The molecule has 0 saturated carbocycles. The number of rotatable bonds is 8. The number of carbonyl (C=O) groups is 3. The van der Waals surface area contributed by atoms with Crippen LogP contribution in [0.25, 0.3) is 0 Å². The van der Waals surface area contributed by atoms with Crippen LogP contribution in [0, 0.1) is 13.8 Å². The molecule has 0 heterocycles. The van der Waals surface area contributed by atoms with Crippen LogP contribution in [0.4, 0.5) is 4.79 Å². The van der Waals surface area contributed by atoms with Gasteiger partial charge in [-0.05, 0) is 78.5 Å². The maximum absolute atomic E-state index is 13.3. The molecule has 2 unspecified atom stereocenters. The van der Waals surface area contributed by atoms with Gasteiger partial charge in [-0.25, -0.2) is 4.79 Å². The van der Waals surface area contributed by atoms with E-state index in [0.717, 1.165) is 16.7 Å². The molecule has 0 fully saturated rings. The van der Waals surface area contributed by atoms with Gasteiger partial charge in [0.15, 0.2) is 0 Å². The number of aryl methyl sites for hydroxylation is 2. The molecule has 0 bridgehead atoms. The van der Waals surface area contributed by atoms with Gasteiger partial charge in [-0.3, -0.25) is 9.59 Å². The molecule has 1 aromatic carbocycles. The van der Waals surface area contributed by atoms with Crippen molar-refractivity contribution in [2.45, 2.75) is 92.5 Å². The lowest BCUT2D eigenvalue weighted by molar-refractivity contribution is -0.143. The van der Waals surface area contributed by atoms with Crippen molar-refractivity contribution in [2.24, 2.45) is 0 Å². The number of nitrogens with zero attached hydrogens (tertiary/aromatic N) is 1. The highest BCUT2D eigenvalue weighted by molar-refractivity contribution is 5.91. The van der Waals surface area contributed by atoms with Crippen LogP contribution in [0.5, 0.6) is 0 Å². The van der Waals surface area contributed by atoms with Crippen LogP contribution < -0.4 is 10.6 Å². The maximum atomic E-state index is 13.3. The van der Waals surface area contributed by atoms with Crippen molar-refractivity contribution < 1.29 is 19.1 Å². The van der Waals surface area contributed by atoms with Gasteiger partial charge < -0.3 is 20.3 Å². The molecular weight excluding hydrogens is 394 g/mol. The lowest BCUT2D eigenvalue weighted by Crippen LogP contribution is -2.52. The van der Waals surface area contributed by atoms with E-state index in [1.807, 2.05) is 59.7 Å². The monoisotopic (exact) mass is 433 g/mol. The minimum absolute atomic E-state index is 0.0758. The van der Waals surface area contributed by atoms with Crippen molar-refractivity contribution in [1.29, 1.82) is 0 Å². The molecule has 7 heteroatoms. The summed E-state index contributed by atoms with van der Waals surface area (Å²) in [7, 11) is 0. The molecule has 0 saturated heterocycles. The summed E-state index contributed by atoms with van der Waals surface area (Å²) in [5.41, 5.74) is 2.02. The average Bonchev–Trinajstić information content (AvgIpc) is 2.62. The van der Waals surface area contributed by atoms with Gasteiger partial charge in [0.05, 0.1) is 0 Å². The van der Waals surface area contributed by atoms with Gasteiger partial charge in [0, 0.05) is 12.1 Å². The van der Waals surface area contributed by atoms with Gasteiger partial charge in [0.1, 0.15) is 18.2 Å². The Kier molecular flexibility index (Phi) is 9.53. The first-order valence-electron chi connectivity index (χ1n) is 10.9. The highest BCUT2D eigenvalue weighted by Gasteiger charge is 2.36. The summed E-state index contributed by atoms with van der Waals surface area (Å²) >= 11 is 0. The zero-order valence-corrected chi connectivity index (χ0v) is 20.5. The van der Waals surface area contributed by atoms with E-state index in [2.05, 4.69) is 10.6 Å². The van der Waals surface area contributed by atoms with Gasteiger partial charge in [-0.2, -0.15) is 0 Å². The number of hydrogen-bond acceptors (Lipinski definition) is 4. The van der Waals surface area contributed by atoms with E-state index in [1.165, 1.54) is 0 Å². The molecule has 2 N–H and O–H groups in total. The number of alkyl carbamates (subject to hydrolysis) is 1. The second kappa shape index (κ2) is 11.2. The number of hydrogen-bond donors (Lipinski definition) is 2. The van der Waals surface area contributed by atoms with Crippen LogP contribution in [-0.4, -0.2) is 47.0 Å². The SMILES string of the molecule is CCC(C)N(C(=O)CNC(=O)OC(C)(C)C)C(C(=O)NC(C)C)c1c(C)cccc1C. The van der Waals surface area contributed by atoms with Gasteiger partial charge >= 0.3 is 6.09 Å². The fourth-order valence-corrected chi connectivity index (χ4v) is 3.41. The molecule has 0 spiro atoms. The van der Waals surface area contributed by atoms with Crippen molar-refractivity contribution in [1.82, 2.24) is 15.5 Å². The van der Waals surface area contributed by atoms with Crippen LogP contribution in [0.2, 0.25) is 0 Å². The zero-order chi connectivity index (χ0) is 23.9. The highest BCUT2D eigenvalue weighted by atomic mass is 16.6. The Bertz CT molecular complexity index is 763. The summed E-state index contributed by atoms with van der Waals surface area (Å²) in [6.45, 7) is 16.6. The van der Waals surface area contributed by atoms with Crippen molar-refractivity contribution in [2.75, 3.05) is 6.54 Å². The first-order valence-corrected chi connectivity index (χ1v) is 10.9. The van der Waals surface area contributed by atoms with Crippen LogP contribution in [0.3, 0.4) is 0 Å². The summed E-state index contributed by atoms with van der Waals surface area (Å²) < 4.78 is 5.24. The molecule has 0 aliphatic carbocycles. The van der Waals surface area contributed by atoms with Crippen molar-refractivity contribution in [3.05, 3.63) is 34.9 Å². The predicted octanol–water partition coefficient (Wildman–Crippen LogP) is 4.02. The average molecular weight is 434 g/mol. The largest absolute Gasteiger partial charge is 0.444 e. The van der Waals surface area contributed by atoms with Crippen molar-refractivity contribution >= 4 is 17.9 Å². The molecule has 1 rings (SSSR count). The van der Waals surface area contributed by atoms with Crippen molar-refractivity contribution in [3.8, 4) is 0 Å². The van der Waals surface area contributed by atoms with E-state index in [-0.39, 0.29) is 30.4 Å². The normalized spacial score (nSPS) is 13.4. The topological polar surface area (TPSA) is 87.7 Å². The lowest BCUT2D eigenvalue weighted by atomic mass is 9.92. The molecule has 174 valence electrons.